The molecule has 0 amide bonds. The van der Waals surface area contributed by atoms with Gasteiger partial charge in [0.2, 0.25) is 0 Å². The number of H-pyrrole nitrogens is 1. The highest BCUT2D eigenvalue weighted by Crippen LogP contribution is 2.38. The topological polar surface area (TPSA) is 54.0 Å². The first kappa shape index (κ1) is 18.6. The van der Waals surface area contributed by atoms with Crippen molar-refractivity contribution >= 4 is 10.9 Å². The number of aromatic amines is 1. The zero-order valence-electron chi connectivity index (χ0n) is 17.6. The van der Waals surface area contributed by atoms with Crippen molar-refractivity contribution in [3.8, 4) is 5.75 Å². The third-order valence-electron chi connectivity index (χ3n) is 6.35. The zero-order chi connectivity index (χ0) is 20.6. The summed E-state index contributed by atoms with van der Waals surface area (Å²) in [4.78, 5) is 15.4. The minimum absolute atomic E-state index is 0.572. The molecule has 6 rings (SSSR count). The van der Waals surface area contributed by atoms with Crippen LogP contribution in [-0.2, 0) is 26.1 Å². The van der Waals surface area contributed by atoms with E-state index in [1.165, 1.54) is 40.6 Å². The Morgan fingerprint density at radius 1 is 1.06 bits per heavy atom. The monoisotopic (exact) mass is 410 g/mol. The second-order valence-electron chi connectivity index (χ2n) is 8.70. The van der Waals surface area contributed by atoms with Gasteiger partial charge in [0.15, 0.2) is 0 Å². The lowest BCUT2D eigenvalue weighted by molar-refractivity contribution is 0.243. The number of nitrogens with zero attached hydrogens (tertiary/aromatic N) is 3. The summed E-state index contributed by atoms with van der Waals surface area (Å²) in [7, 11) is 0. The van der Waals surface area contributed by atoms with Crippen molar-refractivity contribution in [3.05, 3.63) is 89.1 Å². The van der Waals surface area contributed by atoms with E-state index in [9.17, 15) is 0 Å². The van der Waals surface area contributed by atoms with E-state index in [0.29, 0.717) is 12.5 Å². The summed E-state index contributed by atoms with van der Waals surface area (Å²) in [6.45, 7) is 3.38. The molecule has 1 aliphatic carbocycles. The van der Waals surface area contributed by atoms with Crippen LogP contribution in [0.2, 0.25) is 0 Å². The van der Waals surface area contributed by atoms with Crippen LogP contribution >= 0.6 is 0 Å². The number of ether oxygens (including phenoxy) is 1. The average Bonchev–Trinajstić information content (AvgIpc) is 3.59. The van der Waals surface area contributed by atoms with Gasteiger partial charge in [0, 0.05) is 66.5 Å². The standard InChI is InChI=1S/C26H26N4O/c1-2-5-18(6-3-1)17-31-24-8-4-7-23-25(24)21(14-27-23)16-30-12-11-22-20(15-30)13-28-26(29-22)19-9-10-19/h1-8,13-14,19,27H,9-12,15-17H2. The predicted molar refractivity (Wildman–Crippen MR) is 121 cm³/mol. The molecule has 2 aromatic carbocycles. The molecule has 1 aliphatic heterocycles. The Kier molecular flexibility index (Phi) is 4.69. The van der Waals surface area contributed by atoms with Crippen molar-refractivity contribution in [2.45, 2.75) is 44.9 Å². The molecule has 2 aromatic heterocycles. The van der Waals surface area contributed by atoms with E-state index in [2.05, 4.69) is 57.6 Å². The first-order chi connectivity index (χ1) is 15.3. The molecule has 1 fully saturated rings. The molecule has 5 nitrogen and oxygen atoms in total. The van der Waals surface area contributed by atoms with E-state index >= 15 is 0 Å². The molecular weight excluding hydrogens is 384 g/mol. The largest absolute Gasteiger partial charge is 0.488 e. The molecule has 2 aliphatic rings. The lowest BCUT2D eigenvalue weighted by atomic mass is 10.1. The molecule has 0 atom stereocenters. The molecule has 31 heavy (non-hydrogen) atoms. The molecule has 0 spiro atoms. The van der Waals surface area contributed by atoms with Crippen LogP contribution in [0.3, 0.4) is 0 Å². The first-order valence-corrected chi connectivity index (χ1v) is 11.2. The number of rotatable bonds is 6. The van der Waals surface area contributed by atoms with Crippen LogP contribution < -0.4 is 4.74 Å². The lowest BCUT2D eigenvalue weighted by Gasteiger charge is -2.28. The molecule has 3 heterocycles. The molecule has 0 bridgehead atoms. The number of benzene rings is 2. The maximum Gasteiger partial charge on any atom is 0.131 e. The average molecular weight is 411 g/mol. The quantitative estimate of drug-likeness (QED) is 0.487. The van der Waals surface area contributed by atoms with Crippen molar-refractivity contribution < 1.29 is 4.74 Å². The second-order valence-corrected chi connectivity index (χ2v) is 8.70. The van der Waals surface area contributed by atoms with Gasteiger partial charge in [0.05, 0.1) is 0 Å². The molecule has 1 saturated carbocycles. The predicted octanol–water partition coefficient (Wildman–Crippen LogP) is 4.97. The van der Waals surface area contributed by atoms with Gasteiger partial charge in [-0.25, -0.2) is 9.97 Å². The molecule has 1 N–H and O–H groups in total. The second kappa shape index (κ2) is 7.82. The van der Waals surface area contributed by atoms with Crippen LogP contribution in [0.15, 0.2) is 60.9 Å². The summed E-state index contributed by atoms with van der Waals surface area (Å²) < 4.78 is 6.23. The SMILES string of the molecule is c1ccc(COc2cccc3[nH]cc(CN4CCc5nc(C6CC6)ncc5C4)c23)cc1. The molecule has 5 heteroatoms. The van der Waals surface area contributed by atoms with Crippen LogP contribution in [0.5, 0.6) is 5.75 Å². The van der Waals surface area contributed by atoms with E-state index in [4.69, 9.17) is 9.72 Å². The Hall–Kier alpha value is -3.18. The van der Waals surface area contributed by atoms with Crippen molar-refractivity contribution in [2.75, 3.05) is 6.54 Å². The summed E-state index contributed by atoms with van der Waals surface area (Å²) in [5.41, 5.74) is 6.10. The van der Waals surface area contributed by atoms with Gasteiger partial charge in [-0.3, -0.25) is 4.90 Å². The molecule has 0 saturated heterocycles. The van der Waals surface area contributed by atoms with Gasteiger partial charge in [-0.15, -0.1) is 0 Å². The number of hydrogen-bond donors (Lipinski definition) is 1. The lowest BCUT2D eigenvalue weighted by Crippen LogP contribution is -2.31. The van der Waals surface area contributed by atoms with Gasteiger partial charge < -0.3 is 9.72 Å². The Morgan fingerprint density at radius 3 is 2.84 bits per heavy atom. The van der Waals surface area contributed by atoms with Gasteiger partial charge in [0.1, 0.15) is 18.2 Å². The van der Waals surface area contributed by atoms with E-state index in [1.807, 2.05) is 18.2 Å². The Bertz CT molecular complexity index is 1210. The van der Waals surface area contributed by atoms with Crippen molar-refractivity contribution in [2.24, 2.45) is 0 Å². The summed E-state index contributed by atoms with van der Waals surface area (Å²) in [5.74, 6) is 2.61. The van der Waals surface area contributed by atoms with Gasteiger partial charge in [0.25, 0.3) is 0 Å². The molecule has 4 aromatic rings. The number of hydrogen-bond acceptors (Lipinski definition) is 4. The number of aromatic nitrogens is 3. The minimum Gasteiger partial charge on any atom is -0.488 e. The Morgan fingerprint density at radius 2 is 1.97 bits per heavy atom. The van der Waals surface area contributed by atoms with Crippen molar-refractivity contribution in [1.82, 2.24) is 19.9 Å². The van der Waals surface area contributed by atoms with Crippen molar-refractivity contribution in [1.29, 1.82) is 0 Å². The Balaban J connectivity index is 1.21. The van der Waals surface area contributed by atoms with Crippen LogP contribution in [0.4, 0.5) is 0 Å². The fourth-order valence-corrected chi connectivity index (χ4v) is 4.50. The minimum atomic E-state index is 0.572. The maximum absolute atomic E-state index is 6.23. The van der Waals surface area contributed by atoms with Gasteiger partial charge in [-0.05, 0) is 36.1 Å². The van der Waals surface area contributed by atoms with E-state index in [-0.39, 0.29) is 0 Å². The third kappa shape index (κ3) is 3.81. The highest BCUT2D eigenvalue weighted by molar-refractivity contribution is 5.89. The van der Waals surface area contributed by atoms with Gasteiger partial charge in [-0.1, -0.05) is 36.4 Å². The molecule has 156 valence electrons. The smallest absolute Gasteiger partial charge is 0.131 e. The van der Waals surface area contributed by atoms with Crippen LogP contribution in [0.1, 0.15) is 47.0 Å². The summed E-state index contributed by atoms with van der Waals surface area (Å²) >= 11 is 0. The van der Waals surface area contributed by atoms with Gasteiger partial charge in [-0.2, -0.15) is 0 Å². The van der Waals surface area contributed by atoms with Gasteiger partial charge >= 0.3 is 0 Å². The number of fused-ring (bicyclic) bond motifs is 2. The molecule has 0 radical (unpaired) electrons. The third-order valence-corrected chi connectivity index (χ3v) is 6.35. The highest BCUT2D eigenvalue weighted by Gasteiger charge is 2.28. The Labute approximate surface area is 182 Å². The maximum atomic E-state index is 6.23. The highest BCUT2D eigenvalue weighted by atomic mass is 16.5. The van der Waals surface area contributed by atoms with E-state index in [0.717, 1.165) is 43.1 Å². The van der Waals surface area contributed by atoms with E-state index in [1.54, 1.807) is 0 Å². The summed E-state index contributed by atoms with van der Waals surface area (Å²) in [6, 6.07) is 16.6. The van der Waals surface area contributed by atoms with Crippen LogP contribution in [0.25, 0.3) is 10.9 Å². The summed E-state index contributed by atoms with van der Waals surface area (Å²) in [5, 5.41) is 1.18. The van der Waals surface area contributed by atoms with Crippen molar-refractivity contribution in [3.63, 3.8) is 0 Å². The summed E-state index contributed by atoms with van der Waals surface area (Å²) in [6.07, 6.45) is 7.69. The van der Waals surface area contributed by atoms with Crippen LogP contribution in [0, 0.1) is 0 Å². The fourth-order valence-electron chi connectivity index (χ4n) is 4.50. The fraction of sp³-hybridized carbons (Fsp3) is 0.308. The van der Waals surface area contributed by atoms with Crippen LogP contribution in [-0.4, -0.2) is 26.4 Å². The normalized spacial score (nSPS) is 16.4. The van der Waals surface area contributed by atoms with E-state index < -0.39 is 0 Å². The molecule has 0 unspecified atom stereocenters. The zero-order valence-corrected chi connectivity index (χ0v) is 17.6. The number of nitrogens with one attached hydrogen (secondary N) is 1. The molecular formula is C26H26N4O. The first-order valence-electron chi connectivity index (χ1n) is 11.2.